The molecule has 0 aliphatic carbocycles. The molecule has 1 atom stereocenters. The third-order valence-corrected chi connectivity index (χ3v) is 3.29. The van der Waals surface area contributed by atoms with Gasteiger partial charge in [0, 0.05) is 19.2 Å². The van der Waals surface area contributed by atoms with Crippen LogP contribution in [0.2, 0.25) is 0 Å². The van der Waals surface area contributed by atoms with Crippen molar-refractivity contribution >= 4 is 15.9 Å². The van der Waals surface area contributed by atoms with E-state index in [9.17, 15) is 22.0 Å². The average molecular weight is 308 g/mol. The van der Waals surface area contributed by atoms with Gasteiger partial charge in [0.25, 0.3) is 5.91 Å². The molecule has 20 heavy (non-hydrogen) atoms. The van der Waals surface area contributed by atoms with Crippen molar-refractivity contribution in [2.45, 2.75) is 17.9 Å². The van der Waals surface area contributed by atoms with E-state index in [1.807, 2.05) is 0 Å². The monoisotopic (exact) mass is 308 g/mol. The van der Waals surface area contributed by atoms with Crippen molar-refractivity contribution in [2.24, 2.45) is 5.14 Å². The molecule has 1 aromatic carbocycles. The van der Waals surface area contributed by atoms with Crippen LogP contribution in [0.4, 0.5) is 8.78 Å². The van der Waals surface area contributed by atoms with Crippen LogP contribution in [0.3, 0.4) is 0 Å². The number of amides is 1. The summed E-state index contributed by atoms with van der Waals surface area (Å²) in [6.45, 7) is 1.78. The lowest BCUT2D eigenvalue weighted by atomic mass is 10.2. The van der Waals surface area contributed by atoms with E-state index < -0.39 is 44.1 Å². The quantitative estimate of drug-likeness (QED) is 0.821. The summed E-state index contributed by atoms with van der Waals surface area (Å²) < 4.78 is 53.9. The van der Waals surface area contributed by atoms with Gasteiger partial charge in [-0.25, -0.2) is 22.3 Å². The van der Waals surface area contributed by atoms with Crippen molar-refractivity contribution in [3.63, 3.8) is 0 Å². The lowest BCUT2D eigenvalue weighted by molar-refractivity contribution is 0.0901. The van der Waals surface area contributed by atoms with Gasteiger partial charge in [-0.2, -0.15) is 0 Å². The zero-order valence-corrected chi connectivity index (χ0v) is 11.6. The van der Waals surface area contributed by atoms with E-state index in [0.717, 1.165) is 0 Å². The van der Waals surface area contributed by atoms with Crippen LogP contribution in [0, 0.1) is 11.6 Å². The first-order chi connectivity index (χ1) is 9.16. The number of hydrogen-bond acceptors (Lipinski definition) is 4. The molecule has 112 valence electrons. The number of benzene rings is 1. The van der Waals surface area contributed by atoms with E-state index in [4.69, 9.17) is 9.88 Å². The molecular weight excluding hydrogens is 294 g/mol. The molecule has 0 saturated heterocycles. The number of hydrogen-bond donors (Lipinski definition) is 2. The minimum atomic E-state index is -4.39. The Balaban J connectivity index is 3.16. The molecule has 1 unspecified atom stereocenters. The first kappa shape index (κ1) is 16.5. The van der Waals surface area contributed by atoms with Gasteiger partial charge in [-0.3, -0.25) is 4.79 Å². The molecular formula is C11H14F2N2O4S. The lowest BCUT2D eigenvalue weighted by Crippen LogP contribution is -2.36. The fourth-order valence-electron chi connectivity index (χ4n) is 1.51. The highest BCUT2D eigenvalue weighted by atomic mass is 32.2. The standard InChI is InChI=1S/C11H14F2N2O4S/c1-6(5-19-2)15-11(16)7-3-10(20(14,17)18)9(13)4-8(7)12/h3-4,6H,5H2,1-2H3,(H,15,16)(H2,14,17,18). The third-order valence-electron chi connectivity index (χ3n) is 2.37. The van der Waals surface area contributed by atoms with Gasteiger partial charge in [0.15, 0.2) is 0 Å². The zero-order chi connectivity index (χ0) is 15.5. The number of carbonyl (C=O) groups excluding carboxylic acids is 1. The fraction of sp³-hybridized carbons (Fsp3) is 0.364. The Labute approximate surface area is 115 Å². The molecule has 0 bridgehead atoms. The number of methoxy groups -OCH3 is 1. The van der Waals surface area contributed by atoms with E-state index in [1.165, 1.54) is 7.11 Å². The summed E-state index contributed by atoms with van der Waals surface area (Å²) in [5.41, 5.74) is -0.613. The van der Waals surface area contributed by atoms with E-state index in [2.05, 4.69) is 5.32 Å². The number of ether oxygens (including phenoxy) is 1. The molecule has 6 nitrogen and oxygen atoms in total. The molecule has 0 heterocycles. The van der Waals surface area contributed by atoms with E-state index in [-0.39, 0.29) is 6.61 Å². The Hall–Kier alpha value is -1.58. The van der Waals surface area contributed by atoms with E-state index in [1.54, 1.807) is 6.92 Å². The molecule has 0 aromatic heterocycles. The summed E-state index contributed by atoms with van der Waals surface area (Å²) in [6.07, 6.45) is 0. The Morgan fingerprint density at radius 2 is 2.00 bits per heavy atom. The molecule has 0 aliphatic rings. The molecule has 0 saturated carbocycles. The van der Waals surface area contributed by atoms with Gasteiger partial charge >= 0.3 is 0 Å². The van der Waals surface area contributed by atoms with E-state index in [0.29, 0.717) is 12.1 Å². The second-order valence-corrected chi connectivity index (χ2v) is 5.67. The van der Waals surface area contributed by atoms with Crippen LogP contribution in [0.5, 0.6) is 0 Å². The second kappa shape index (κ2) is 6.25. The van der Waals surface area contributed by atoms with Crippen molar-refractivity contribution < 1.29 is 26.7 Å². The molecule has 9 heteroatoms. The molecule has 0 fully saturated rings. The van der Waals surface area contributed by atoms with Gasteiger partial charge < -0.3 is 10.1 Å². The minimum absolute atomic E-state index is 0.177. The summed E-state index contributed by atoms with van der Waals surface area (Å²) in [5.74, 6) is -3.43. The van der Waals surface area contributed by atoms with E-state index >= 15 is 0 Å². The van der Waals surface area contributed by atoms with Gasteiger partial charge in [0.05, 0.1) is 12.2 Å². The van der Waals surface area contributed by atoms with Crippen LogP contribution >= 0.6 is 0 Å². The molecule has 3 N–H and O–H groups in total. The zero-order valence-electron chi connectivity index (χ0n) is 10.8. The number of nitrogens with two attached hydrogens (primary N) is 1. The largest absolute Gasteiger partial charge is 0.383 e. The molecule has 0 radical (unpaired) electrons. The molecule has 1 aromatic rings. The Bertz CT molecular complexity index is 619. The van der Waals surface area contributed by atoms with Gasteiger partial charge in [0.1, 0.15) is 16.5 Å². The van der Waals surface area contributed by atoms with Crippen LogP contribution in [0.25, 0.3) is 0 Å². The van der Waals surface area contributed by atoms with Crippen molar-refractivity contribution in [3.05, 3.63) is 29.3 Å². The number of primary sulfonamides is 1. The van der Waals surface area contributed by atoms with Crippen LogP contribution in [-0.4, -0.2) is 34.1 Å². The van der Waals surface area contributed by atoms with Gasteiger partial charge in [-0.05, 0) is 13.0 Å². The first-order valence-corrected chi connectivity index (χ1v) is 7.03. The highest BCUT2D eigenvalue weighted by molar-refractivity contribution is 7.89. The van der Waals surface area contributed by atoms with Crippen molar-refractivity contribution in [1.82, 2.24) is 5.32 Å². The molecule has 0 aliphatic heterocycles. The first-order valence-electron chi connectivity index (χ1n) is 5.48. The second-order valence-electron chi connectivity index (χ2n) is 4.14. The highest BCUT2D eigenvalue weighted by Gasteiger charge is 2.22. The lowest BCUT2D eigenvalue weighted by Gasteiger charge is -2.13. The van der Waals surface area contributed by atoms with Crippen LogP contribution in [-0.2, 0) is 14.8 Å². The maximum absolute atomic E-state index is 13.5. The fourth-order valence-corrected chi connectivity index (χ4v) is 2.13. The maximum atomic E-state index is 13.5. The summed E-state index contributed by atoms with van der Waals surface area (Å²) in [6, 6.07) is 0.430. The summed E-state index contributed by atoms with van der Waals surface area (Å²) in [7, 11) is -2.97. The third kappa shape index (κ3) is 3.95. The highest BCUT2D eigenvalue weighted by Crippen LogP contribution is 2.18. The molecule has 1 rings (SSSR count). The Morgan fingerprint density at radius 1 is 1.40 bits per heavy atom. The minimum Gasteiger partial charge on any atom is -0.383 e. The predicted octanol–water partition coefficient (Wildman–Crippen LogP) is 0.377. The Morgan fingerprint density at radius 3 is 2.50 bits per heavy atom. The molecule has 1 amide bonds. The number of sulfonamides is 1. The summed E-state index contributed by atoms with van der Waals surface area (Å²) >= 11 is 0. The van der Waals surface area contributed by atoms with Crippen molar-refractivity contribution in [2.75, 3.05) is 13.7 Å². The normalized spacial score (nSPS) is 13.1. The van der Waals surface area contributed by atoms with Gasteiger partial charge in [-0.1, -0.05) is 0 Å². The van der Waals surface area contributed by atoms with Crippen molar-refractivity contribution in [1.29, 1.82) is 0 Å². The number of rotatable bonds is 5. The maximum Gasteiger partial charge on any atom is 0.254 e. The van der Waals surface area contributed by atoms with Crippen LogP contribution in [0.15, 0.2) is 17.0 Å². The summed E-state index contributed by atoms with van der Waals surface area (Å²) in [4.78, 5) is 10.8. The predicted molar refractivity (Wildman–Crippen MR) is 66.5 cm³/mol. The van der Waals surface area contributed by atoms with Crippen LogP contribution < -0.4 is 10.5 Å². The van der Waals surface area contributed by atoms with Gasteiger partial charge in [-0.15, -0.1) is 0 Å². The number of carbonyl (C=O) groups is 1. The number of halogens is 2. The smallest absolute Gasteiger partial charge is 0.254 e. The SMILES string of the molecule is COCC(C)NC(=O)c1cc(S(N)(=O)=O)c(F)cc1F. The van der Waals surface area contributed by atoms with Gasteiger partial charge in [0.2, 0.25) is 10.0 Å². The van der Waals surface area contributed by atoms with Crippen LogP contribution in [0.1, 0.15) is 17.3 Å². The average Bonchev–Trinajstić information content (AvgIpc) is 2.26. The topological polar surface area (TPSA) is 98.5 Å². The van der Waals surface area contributed by atoms with Crippen molar-refractivity contribution in [3.8, 4) is 0 Å². The number of nitrogens with one attached hydrogen (secondary N) is 1. The molecule has 0 spiro atoms. The Kier molecular flexibility index (Phi) is 5.15. The summed E-state index contributed by atoms with van der Waals surface area (Å²) in [5, 5.41) is 7.16.